The van der Waals surface area contributed by atoms with Crippen LogP contribution in [0.5, 0.6) is 5.88 Å². The number of hydrogen-bond donors (Lipinski definition) is 4. The third-order valence-electron chi connectivity index (χ3n) is 5.76. The molecule has 0 saturated carbocycles. The lowest BCUT2D eigenvalue weighted by Gasteiger charge is -2.27. The van der Waals surface area contributed by atoms with Gasteiger partial charge in [-0.2, -0.15) is 0 Å². The molecule has 2 aliphatic heterocycles. The molecule has 8 heteroatoms. The van der Waals surface area contributed by atoms with Crippen LogP contribution in [0.3, 0.4) is 0 Å². The fraction of sp³-hybridized carbons (Fsp3) is 0.269. The van der Waals surface area contributed by atoms with Gasteiger partial charge in [-0.1, -0.05) is 19.1 Å². The molecule has 0 bridgehead atoms. The summed E-state index contributed by atoms with van der Waals surface area (Å²) in [5, 5.41) is 6.78. The molecule has 0 radical (unpaired) electrons. The number of nitrogens with zero attached hydrogens (tertiary/aromatic N) is 2. The van der Waals surface area contributed by atoms with E-state index in [9.17, 15) is 4.39 Å². The number of benzene rings is 1. The largest absolute Gasteiger partial charge is 0.479 e. The van der Waals surface area contributed by atoms with Crippen LogP contribution in [0.1, 0.15) is 44.5 Å². The molecule has 1 aromatic carbocycles. The molecule has 1 aromatic heterocycles. The zero-order chi connectivity index (χ0) is 24.1. The smallest absolute Gasteiger partial charge is 0.238 e. The molecular weight excluding hydrogens is 431 g/mol. The number of pyridine rings is 1. The van der Waals surface area contributed by atoms with E-state index in [0.717, 1.165) is 52.7 Å². The average molecular weight is 463 g/mol. The van der Waals surface area contributed by atoms with Crippen LogP contribution in [0.4, 0.5) is 10.1 Å². The maximum atomic E-state index is 13.3. The van der Waals surface area contributed by atoms with Gasteiger partial charge in [0.25, 0.3) is 0 Å². The summed E-state index contributed by atoms with van der Waals surface area (Å²) in [7, 11) is 1.63. The Hall–Kier alpha value is -3.94. The van der Waals surface area contributed by atoms with Crippen molar-refractivity contribution in [1.29, 1.82) is 0 Å². The molecule has 7 nitrogen and oxygen atoms in total. The Morgan fingerprint density at radius 1 is 1.18 bits per heavy atom. The van der Waals surface area contributed by atoms with E-state index < -0.39 is 0 Å². The second-order valence-electron chi connectivity index (χ2n) is 8.19. The first-order chi connectivity index (χ1) is 16.5. The molecule has 2 aromatic rings. The highest BCUT2D eigenvalue weighted by atomic mass is 19.1. The average Bonchev–Trinajstić information content (AvgIpc) is 3.08. The van der Waals surface area contributed by atoms with Gasteiger partial charge in [0.15, 0.2) is 0 Å². The summed E-state index contributed by atoms with van der Waals surface area (Å²) in [4.78, 5) is 6.76. The quantitative estimate of drug-likeness (QED) is 0.485. The second kappa shape index (κ2) is 10.3. The second-order valence-corrected chi connectivity index (χ2v) is 8.19. The summed E-state index contributed by atoms with van der Waals surface area (Å²) in [5.41, 5.74) is 12.2. The fourth-order valence-electron chi connectivity index (χ4n) is 3.85. The number of halogens is 1. The number of allylic oxidation sites excluding steroid dienone is 3. The van der Waals surface area contributed by atoms with E-state index in [4.69, 9.17) is 9.72 Å². The minimum Gasteiger partial charge on any atom is -0.479 e. The number of hydrazine groups is 1. The van der Waals surface area contributed by atoms with Gasteiger partial charge in [0.1, 0.15) is 17.3 Å². The molecule has 2 aliphatic rings. The first kappa shape index (κ1) is 23.2. The molecular formula is C26H31FN6O. The monoisotopic (exact) mass is 462 g/mol. The highest BCUT2D eigenvalue weighted by Gasteiger charge is 2.19. The molecule has 4 rings (SSSR count). The van der Waals surface area contributed by atoms with Gasteiger partial charge >= 0.3 is 0 Å². The lowest BCUT2D eigenvalue weighted by Crippen LogP contribution is -2.40. The highest BCUT2D eigenvalue weighted by molar-refractivity contribution is 5.69. The Morgan fingerprint density at radius 3 is 2.71 bits per heavy atom. The van der Waals surface area contributed by atoms with Gasteiger partial charge in [-0.15, -0.1) is 0 Å². The summed E-state index contributed by atoms with van der Waals surface area (Å²) >= 11 is 0. The van der Waals surface area contributed by atoms with Crippen molar-refractivity contribution in [1.82, 2.24) is 26.5 Å². The third-order valence-corrected chi connectivity index (χ3v) is 5.76. The molecule has 0 unspecified atom stereocenters. The predicted molar refractivity (Wildman–Crippen MR) is 134 cm³/mol. The van der Waals surface area contributed by atoms with Crippen molar-refractivity contribution in [2.24, 2.45) is 0 Å². The van der Waals surface area contributed by atoms with Gasteiger partial charge in [-0.3, -0.25) is 10.9 Å². The topological polar surface area (TPSA) is 73.5 Å². The third kappa shape index (κ3) is 5.17. The van der Waals surface area contributed by atoms with Gasteiger partial charge in [0, 0.05) is 30.7 Å². The molecule has 0 saturated heterocycles. The van der Waals surface area contributed by atoms with Gasteiger partial charge in [0.05, 0.1) is 18.5 Å². The number of aromatic nitrogens is 1. The molecule has 0 spiro atoms. The van der Waals surface area contributed by atoms with E-state index in [1.54, 1.807) is 19.2 Å². The number of nitrogens with one attached hydrogen (secondary N) is 4. The number of ether oxygens (including phenoxy) is 1. The first-order valence-corrected chi connectivity index (χ1v) is 11.4. The van der Waals surface area contributed by atoms with Crippen LogP contribution in [-0.2, 0) is 0 Å². The van der Waals surface area contributed by atoms with Crippen LogP contribution < -0.4 is 31.1 Å². The van der Waals surface area contributed by atoms with Crippen LogP contribution >= 0.6 is 0 Å². The Bertz CT molecular complexity index is 1150. The van der Waals surface area contributed by atoms with Gasteiger partial charge in [-0.05, 0) is 67.8 Å². The highest BCUT2D eigenvalue weighted by Crippen LogP contribution is 2.30. The zero-order valence-corrected chi connectivity index (χ0v) is 19.9. The number of methoxy groups -OCH3 is 1. The Labute approximate surface area is 200 Å². The molecule has 0 fully saturated rings. The van der Waals surface area contributed by atoms with Crippen molar-refractivity contribution in [3.05, 3.63) is 95.1 Å². The Morgan fingerprint density at radius 2 is 1.97 bits per heavy atom. The summed E-state index contributed by atoms with van der Waals surface area (Å²) < 4.78 is 18.9. The minimum absolute atomic E-state index is 0.00610. The zero-order valence-electron chi connectivity index (χ0n) is 19.9. The van der Waals surface area contributed by atoms with E-state index in [1.807, 2.05) is 43.3 Å². The lowest BCUT2D eigenvalue weighted by molar-refractivity contribution is 0.398. The summed E-state index contributed by atoms with van der Waals surface area (Å²) in [6, 6.07) is 10.5. The molecule has 1 atom stereocenters. The van der Waals surface area contributed by atoms with Crippen LogP contribution in [0.2, 0.25) is 0 Å². The van der Waals surface area contributed by atoms with Crippen molar-refractivity contribution in [3.8, 4) is 5.88 Å². The normalized spacial score (nSPS) is 16.4. The van der Waals surface area contributed by atoms with E-state index in [2.05, 4.69) is 40.6 Å². The molecule has 34 heavy (non-hydrogen) atoms. The lowest BCUT2D eigenvalue weighted by atomic mass is 10.1. The van der Waals surface area contributed by atoms with Crippen molar-refractivity contribution in [3.63, 3.8) is 0 Å². The van der Waals surface area contributed by atoms with E-state index >= 15 is 0 Å². The van der Waals surface area contributed by atoms with Gasteiger partial charge in [0.2, 0.25) is 5.88 Å². The maximum Gasteiger partial charge on any atom is 0.238 e. The Balaban J connectivity index is 1.58. The van der Waals surface area contributed by atoms with E-state index in [0.29, 0.717) is 5.88 Å². The van der Waals surface area contributed by atoms with Gasteiger partial charge in [-0.25, -0.2) is 9.37 Å². The Kier molecular flexibility index (Phi) is 7.06. The van der Waals surface area contributed by atoms with E-state index in [1.165, 1.54) is 12.1 Å². The van der Waals surface area contributed by atoms with Crippen molar-refractivity contribution < 1.29 is 9.13 Å². The number of hydrogen-bond acceptors (Lipinski definition) is 7. The molecule has 0 amide bonds. The predicted octanol–water partition coefficient (Wildman–Crippen LogP) is 4.44. The van der Waals surface area contributed by atoms with Crippen molar-refractivity contribution >= 4 is 11.4 Å². The standard InChI is InChI=1S/C26H31FN6O/c1-5-19-15-23(31-32-25(19)29-18(3)20-7-9-21(27)10-8-20)22-11-12-24(26(30-22)34-4)33-14-6-13-28-17(2)16-33/h6-12,14-16,18,28-29,31-32H,5,13H2,1-4H3/t18-/m1/s1. The van der Waals surface area contributed by atoms with E-state index in [-0.39, 0.29) is 11.9 Å². The van der Waals surface area contributed by atoms with Crippen LogP contribution in [0.25, 0.3) is 5.70 Å². The van der Waals surface area contributed by atoms with Crippen LogP contribution in [-0.4, -0.2) is 18.6 Å². The molecule has 0 aliphatic carbocycles. The fourth-order valence-corrected chi connectivity index (χ4v) is 3.85. The minimum atomic E-state index is -0.238. The SMILES string of the molecule is CCC1=C(N[C@H](C)c2ccc(F)cc2)NNC(c2ccc(N3C=CCNC(C)=C3)c(OC)n2)=C1. The van der Waals surface area contributed by atoms with Crippen molar-refractivity contribution in [2.75, 3.05) is 18.6 Å². The number of rotatable bonds is 7. The van der Waals surface area contributed by atoms with Crippen LogP contribution in [0, 0.1) is 5.82 Å². The molecule has 3 heterocycles. The first-order valence-electron chi connectivity index (χ1n) is 11.4. The number of anilines is 1. The maximum absolute atomic E-state index is 13.3. The molecule has 178 valence electrons. The summed E-state index contributed by atoms with van der Waals surface area (Å²) in [5.74, 6) is 1.18. The van der Waals surface area contributed by atoms with Gasteiger partial charge < -0.3 is 20.3 Å². The summed E-state index contributed by atoms with van der Waals surface area (Å²) in [6.45, 7) is 6.95. The molecule has 4 N–H and O–H groups in total. The van der Waals surface area contributed by atoms with Crippen LogP contribution in [0.15, 0.2) is 78.0 Å². The summed E-state index contributed by atoms with van der Waals surface area (Å²) in [6.07, 6.45) is 8.97. The van der Waals surface area contributed by atoms with Crippen molar-refractivity contribution in [2.45, 2.75) is 33.2 Å².